The highest BCUT2D eigenvalue weighted by Crippen LogP contribution is 2.16. The van der Waals surface area contributed by atoms with E-state index in [-0.39, 0.29) is 12.1 Å². The van der Waals surface area contributed by atoms with Crippen molar-refractivity contribution in [3.05, 3.63) is 19.1 Å². The average molecular weight is 450 g/mol. The van der Waals surface area contributed by atoms with Gasteiger partial charge in [-0.05, 0) is 32.1 Å². The highest BCUT2D eigenvalue weighted by atomic mass is 16.5. The molecule has 0 heterocycles. The molecule has 0 saturated carbocycles. The van der Waals surface area contributed by atoms with E-state index in [1.807, 2.05) is 0 Å². The van der Waals surface area contributed by atoms with Crippen molar-refractivity contribution in [1.82, 2.24) is 0 Å². The van der Waals surface area contributed by atoms with Gasteiger partial charge in [-0.25, -0.2) is 0 Å². The van der Waals surface area contributed by atoms with Crippen LogP contribution in [0.15, 0.2) is 12.2 Å². The molecule has 1 radical (unpaired) electrons. The summed E-state index contributed by atoms with van der Waals surface area (Å²) in [6, 6.07) is 0. The van der Waals surface area contributed by atoms with Gasteiger partial charge in [-0.1, -0.05) is 136 Å². The van der Waals surface area contributed by atoms with Crippen molar-refractivity contribution in [2.45, 2.75) is 168 Å². The minimum absolute atomic E-state index is 0.0206. The summed E-state index contributed by atoms with van der Waals surface area (Å²) in [5, 5.41) is 0. The number of unbranched alkanes of at least 4 members (excludes halogenated alkanes) is 17. The molecule has 0 aromatic heterocycles. The largest absolute Gasteiger partial charge is 0.462 e. The van der Waals surface area contributed by atoms with Crippen molar-refractivity contribution >= 4 is 5.97 Å². The van der Waals surface area contributed by atoms with Crippen LogP contribution in [0.25, 0.3) is 0 Å². The van der Waals surface area contributed by atoms with Gasteiger partial charge in [-0.3, -0.25) is 4.79 Å². The molecule has 0 spiro atoms. The maximum absolute atomic E-state index is 12.4. The van der Waals surface area contributed by atoms with E-state index in [1.165, 1.54) is 109 Å². The number of hydrogen-bond donors (Lipinski definition) is 0. The second-order valence-corrected chi connectivity index (χ2v) is 9.66. The summed E-state index contributed by atoms with van der Waals surface area (Å²) < 4.78 is 5.88. The van der Waals surface area contributed by atoms with Crippen LogP contribution < -0.4 is 0 Å². The van der Waals surface area contributed by atoms with Crippen LogP contribution in [0.5, 0.6) is 0 Å². The van der Waals surface area contributed by atoms with Crippen molar-refractivity contribution < 1.29 is 9.53 Å². The van der Waals surface area contributed by atoms with Gasteiger partial charge in [0.25, 0.3) is 0 Å². The smallest absolute Gasteiger partial charge is 0.306 e. The zero-order chi connectivity index (χ0) is 23.5. The topological polar surface area (TPSA) is 26.3 Å². The molecule has 0 N–H and O–H groups in total. The first-order chi connectivity index (χ1) is 15.7. The van der Waals surface area contributed by atoms with E-state index in [1.54, 1.807) is 0 Å². The predicted molar refractivity (Wildman–Crippen MR) is 142 cm³/mol. The number of hydrogen-bond acceptors (Lipinski definition) is 2. The fourth-order valence-corrected chi connectivity index (χ4v) is 4.18. The lowest BCUT2D eigenvalue weighted by Crippen LogP contribution is -2.17. The molecule has 0 bridgehead atoms. The number of carbonyl (C=O) groups is 1. The lowest BCUT2D eigenvalue weighted by atomic mass is 10.1. The Kier molecular flexibility index (Phi) is 25.8. The number of carbonyl (C=O) groups excluding carboxylic acids is 1. The van der Waals surface area contributed by atoms with E-state index < -0.39 is 0 Å². The molecule has 0 rings (SSSR count). The molecule has 0 aliphatic rings. The maximum atomic E-state index is 12.4. The highest BCUT2D eigenvalue weighted by Gasteiger charge is 2.13. The SMILES string of the molecule is [CH2]CCCCCCC/C=C\C[C@@H](CCCCCC)OC(=O)CCCCCCCCCCC. The van der Waals surface area contributed by atoms with Crippen molar-refractivity contribution in [2.24, 2.45) is 0 Å². The summed E-state index contributed by atoms with van der Waals surface area (Å²) in [5.74, 6) is 0.0206. The number of ether oxygens (including phenoxy) is 1. The molecule has 0 saturated heterocycles. The van der Waals surface area contributed by atoms with Crippen molar-refractivity contribution in [3.63, 3.8) is 0 Å². The van der Waals surface area contributed by atoms with Crippen molar-refractivity contribution in [3.8, 4) is 0 Å². The Hall–Kier alpha value is -0.790. The summed E-state index contributed by atoms with van der Waals surface area (Å²) in [6.07, 6.45) is 32.3. The molecule has 1 atom stereocenters. The lowest BCUT2D eigenvalue weighted by molar-refractivity contribution is -0.149. The van der Waals surface area contributed by atoms with E-state index in [0.717, 1.165) is 32.1 Å². The molecule has 0 amide bonds. The Labute approximate surface area is 202 Å². The van der Waals surface area contributed by atoms with E-state index in [2.05, 4.69) is 32.9 Å². The van der Waals surface area contributed by atoms with Gasteiger partial charge in [0.2, 0.25) is 0 Å². The number of rotatable bonds is 25. The number of allylic oxidation sites excluding steroid dienone is 1. The minimum Gasteiger partial charge on any atom is -0.462 e. The first-order valence-corrected chi connectivity index (χ1v) is 14.4. The molecule has 2 nitrogen and oxygen atoms in total. The third-order valence-corrected chi connectivity index (χ3v) is 6.35. The molecule has 0 aromatic rings. The fraction of sp³-hybridized carbons (Fsp3) is 0.867. The van der Waals surface area contributed by atoms with Gasteiger partial charge in [-0.2, -0.15) is 0 Å². The first-order valence-electron chi connectivity index (χ1n) is 14.4. The Bertz CT molecular complexity index is 402. The van der Waals surface area contributed by atoms with Crippen LogP contribution in [0.3, 0.4) is 0 Å². The van der Waals surface area contributed by atoms with Crippen LogP contribution in [-0.2, 0) is 9.53 Å². The molecular weight excluding hydrogens is 392 g/mol. The Morgan fingerprint density at radius 1 is 0.688 bits per heavy atom. The van der Waals surface area contributed by atoms with E-state index in [9.17, 15) is 4.79 Å². The standard InChI is InChI=1S/C30H57O2/c1-4-7-10-13-15-17-19-21-24-27-29(26-23-12-9-6-3)32-30(31)28-25-22-20-18-16-14-11-8-5-2/h21,24,29H,1,4-20,22-23,25-28H2,2-3H3/b24-21-/t29-/m1/s1. The number of esters is 1. The van der Waals surface area contributed by atoms with Gasteiger partial charge >= 0.3 is 5.97 Å². The van der Waals surface area contributed by atoms with Gasteiger partial charge in [-0.15, -0.1) is 0 Å². The normalized spacial score (nSPS) is 12.5. The second-order valence-electron chi connectivity index (χ2n) is 9.66. The second kappa shape index (κ2) is 26.5. The van der Waals surface area contributed by atoms with Crippen LogP contribution in [0.1, 0.15) is 162 Å². The summed E-state index contributed by atoms with van der Waals surface area (Å²) in [7, 11) is 0. The molecule has 189 valence electrons. The first kappa shape index (κ1) is 31.2. The summed E-state index contributed by atoms with van der Waals surface area (Å²) in [5.41, 5.74) is 0. The van der Waals surface area contributed by atoms with Gasteiger partial charge in [0, 0.05) is 12.8 Å². The van der Waals surface area contributed by atoms with Crippen LogP contribution in [0, 0.1) is 6.92 Å². The quantitative estimate of drug-likeness (QED) is 0.0787. The monoisotopic (exact) mass is 449 g/mol. The van der Waals surface area contributed by atoms with Gasteiger partial charge in [0.15, 0.2) is 0 Å². The predicted octanol–water partition coefficient (Wildman–Crippen LogP) is 10.3. The average Bonchev–Trinajstić information content (AvgIpc) is 2.79. The zero-order valence-electron chi connectivity index (χ0n) is 22.0. The zero-order valence-corrected chi connectivity index (χ0v) is 22.0. The molecular formula is C30H57O2. The van der Waals surface area contributed by atoms with Gasteiger partial charge in [0.05, 0.1) is 0 Å². The Morgan fingerprint density at radius 3 is 1.84 bits per heavy atom. The van der Waals surface area contributed by atoms with Crippen molar-refractivity contribution in [2.75, 3.05) is 0 Å². The molecule has 0 fully saturated rings. The van der Waals surface area contributed by atoms with Gasteiger partial charge < -0.3 is 4.74 Å². The Balaban J connectivity index is 3.97. The fourth-order valence-electron chi connectivity index (χ4n) is 4.18. The molecule has 32 heavy (non-hydrogen) atoms. The molecule has 0 aliphatic heterocycles. The van der Waals surface area contributed by atoms with Crippen molar-refractivity contribution in [1.29, 1.82) is 0 Å². The maximum Gasteiger partial charge on any atom is 0.306 e. The summed E-state index contributed by atoms with van der Waals surface area (Å²) in [4.78, 5) is 12.4. The molecule has 2 heteroatoms. The Morgan fingerprint density at radius 2 is 1.22 bits per heavy atom. The van der Waals surface area contributed by atoms with Crippen LogP contribution in [0.4, 0.5) is 0 Å². The van der Waals surface area contributed by atoms with Crippen LogP contribution in [-0.4, -0.2) is 12.1 Å². The van der Waals surface area contributed by atoms with Gasteiger partial charge in [0.1, 0.15) is 6.10 Å². The van der Waals surface area contributed by atoms with E-state index in [0.29, 0.717) is 6.42 Å². The minimum atomic E-state index is 0.0206. The highest BCUT2D eigenvalue weighted by molar-refractivity contribution is 5.69. The van der Waals surface area contributed by atoms with Crippen LogP contribution in [0.2, 0.25) is 0 Å². The van der Waals surface area contributed by atoms with E-state index >= 15 is 0 Å². The molecule has 0 aromatic carbocycles. The van der Waals surface area contributed by atoms with E-state index in [4.69, 9.17) is 4.74 Å². The molecule has 0 aliphatic carbocycles. The summed E-state index contributed by atoms with van der Waals surface area (Å²) >= 11 is 0. The third kappa shape index (κ3) is 23.9. The lowest BCUT2D eigenvalue weighted by Gasteiger charge is -2.16. The van der Waals surface area contributed by atoms with Crippen LogP contribution >= 0.6 is 0 Å². The third-order valence-electron chi connectivity index (χ3n) is 6.35. The molecule has 0 unspecified atom stereocenters. The summed E-state index contributed by atoms with van der Waals surface area (Å²) in [6.45, 7) is 8.41.